The zero-order valence-corrected chi connectivity index (χ0v) is 15.9. The van der Waals surface area contributed by atoms with Crippen LogP contribution in [-0.2, 0) is 10.0 Å². The lowest BCUT2D eigenvalue weighted by Crippen LogP contribution is -2.16. The van der Waals surface area contributed by atoms with Gasteiger partial charge in [-0.15, -0.1) is 0 Å². The Morgan fingerprint density at radius 1 is 1.04 bits per heavy atom. The molecule has 1 N–H and O–H groups in total. The van der Waals surface area contributed by atoms with Crippen molar-refractivity contribution in [3.63, 3.8) is 0 Å². The van der Waals surface area contributed by atoms with E-state index in [4.69, 9.17) is 4.74 Å². The van der Waals surface area contributed by atoms with Gasteiger partial charge in [-0.05, 0) is 43.5 Å². The fourth-order valence-corrected chi connectivity index (χ4v) is 3.78. The van der Waals surface area contributed by atoms with Crippen molar-refractivity contribution < 1.29 is 13.2 Å². The summed E-state index contributed by atoms with van der Waals surface area (Å²) in [7, 11) is -3.78. The van der Waals surface area contributed by atoms with Crippen molar-refractivity contribution in [3.05, 3.63) is 54.1 Å². The number of nitrogens with one attached hydrogen (secondary N) is 1. The van der Waals surface area contributed by atoms with Crippen LogP contribution in [0.15, 0.2) is 53.4 Å². The molecule has 1 saturated carbocycles. The average molecular weight is 383 g/mol. The summed E-state index contributed by atoms with van der Waals surface area (Å²) in [5.74, 6) is 1.04. The molecule has 1 aliphatic carbocycles. The highest BCUT2D eigenvalue weighted by Gasteiger charge is 2.23. The molecule has 6 nitrogen and oxygen atoms in total. The molecule has 1 fully saturated rings. The van der Waals surface area contributed by atoms with Gasteiger partial charge in [-0.2, -0.15) is 0 Å². The normalized spacial score (nSPS) is 14.3. The minimum absolute atomic E-state index is 0.116. The fraction of sp³-hybridized carbons (Fsp3) is 0.300. The van der Waals surface area contributed by atoms with Crippen LogP contribution in [0.2, 0.25) is 0 Å². The summed E-state index contributed by atoms with van der Waals surface area (Å²) >= 11 is 0. The van der Waals surface area contributed by atoms with Gasteiger partial charge in [0.25, 0.3) is 15.9 Å². The van der Waals surface area contributed by atoms with E-state index < -0.39 is 10.0 Å². The maximum atomic E-state index is 12.8. The average Bonchev–Trinajstić information content (AvgIpc) is 3.46. The Kier molecular flexibility index (Phi) is 4.70. The van der Waals surface area contributed by atoms with Crippen LogP contribution >= 0.6 is 0 Å². The molecule has 0 bridgehead atoms. The number of benzene rings is 2. The molecule has 1 heterocycles. The first-order chi connectivity index (χ1) is 13.0. The van der Waals surface area contributed by atoms with Gasteiger partial charge in [0.1, 0.15) is 0 Å². The molecule has 0 atom stereocenters. The smallest absolute Gasteiger partial charge is 0.263 e. The second kappa shape index (κ2) is 7.15. The van der Waals surface area contributed by atoms with E-state index in [0.29, 0.717) is 23.6 Å². The summed E-state index contributed by atoms with van der Waals surface area (Å²) in [5, 5.41) is 0. The molecule has 0 radical (unpaired) electrons. The van der Waals surface area contributed by atoms with Crippen molar-refractivity contribution >= 4 is 26.9 Å². The molecule has 0 aliphatic heterocycles. The van der Waals surface area contributed by atoms with Gasteiger partial charge < -0.3 is 4.74 Å². The highest BCUT2D eigenvalue weighted by Crippen LogP contribution is 2.33. The Bertz CT molecular complexity index is 1060. The number of rotatable bonds is 7. The zero-order chi connectivity index (χ0) is 18.9. The Balaban J connectivity index is 1.66. The molecule has 3 aromatic rings. The van der Waals surface area contributed by atoms with Crippen LogP contribution in [0.4, 0.5) is 5.82 Å². The molecule has 0 saturated heterocycles. The van der Waals surface area contributed by atoms with Crippen molar-refractivity contribution in [2.45, 2.75) is 31.1 Å². The van der Waals surface area contributed by atoms with E-state index in [1.165, 1.54) is 12.8 Å². The monoisotopic (exact) mass is 383 g/mol. The number of ether oxygens (including phenoxy) is 1. The number of para-hydroxylation sites is 2. The summed E-state index contributed by atoms with van der Waals surface area (Å²) < 4.78 is 33.9. The standard InChI is InChI=1S/C20H21N3O3S/c1-14-6-10-16(11-7-14)27(24,25)23-19-20(26-13-12-15-8-9-15)22-18-5-3-2-4-17(18)21-19/h2-7,10-11,15H,8-9,12-13H2,1H3,(H,21,23). The molecular weight excluding hydrogens is 362 g/mol. The van der Waals surface area contributed by atoms with Crippen molar-refractivity contribution in [1.82, 2.24) is 9.97 Å². The van der Waals surface area contributed by atoms with Gasteiger partial charge in [-0.3, -0.25) is 4.72 Å². The molecule has 0 amide bonds. The van der Waals surface area contributed by atoms with Gasteiger partial charge in [0.15, 0.2) is 0 Å². The number of hydrogen-bond acceptors (Lipinski definition) is 5. The Morgan fingerprint density at radius 3 is 2.37 bits per heavy atom. The van der Waals surface area contributed by atoms with Crippen molar-refractivity contribution in [2.75, 3.05) is 11.3 Å². The Labute approximate surface area is 158 Å². The largest absolute Gasteiger partial charge is 0.475 e. The minimum Gasteiger partial charge on any atom is -0.475 e. The number of nitrogens with zero attached hydrogens (tertiary/aromatic N) is 2. The third kappa shape index (κ3) is 4.19. The van der Waals surface area contributed by atoms with Crippen LogP contribution in [-0.4, -0.2) is 25.0 Å². The number of sulfonamides is 1. The first-order valence-corrected chi connectivity index (χ1v) is 10.5. The third-order valence-corrected chi connectivity index (χ3v) is 5.92. The first-order valence-electron chi connectivity index (χ1n) is 9.00. The summed E-state index contributed by atoms with van der Waals surface area (Å²) in [5.41, 5.74) is 2.26. The zero-order valence-electron chi connectivity index (χ0n) is 15.1. The summed E-state index contributed by atoms with van der Waals surface area (Å²) in [6.45, 7) is 2.40. The van der Waals surface area contributed by atoms with Gasteiger partial charge in [0, 0.05) is 0 Å². The lowest BCUT2D eigenvalue weighted by atomic mass is 10.2. The van der Waals surface area contributed by atoms with Crippen LogP contribution in [0.25, 0.3) is 11.0 Å². The van der Waals surface area contributed by atoms with E-state index in [2.05, 4.69) is 14.7 Å². The van der Waals surface area contributed by atoms with Crippen molar-refractivity contribution in [1.29, 1.82) is 0 Å². The topological polar surface area (TPSA) is 81.2 Å². The lowest BCUT2D eigenvalue weighted by molar-refractivity contribution is 0.293. The van der Waals surface area contributed by atoms with Crippen LogP contribution in [0, 0.1) is 12.8 Å². The molecule has 1 aliphatic rings. The van der Waals surface area contributed by atoms with Gasteiger partial charge in [-0.25, -0.2) is 18.4 Å². The van der Waals surface area contributed by atoms with E-state index in [1.807, 2.05) is 25.1 Å². The van der Waals surface area contributed by atoms with Crippen LogP contribution in [0.1, 0.15) is 24.8 Å². The van der Waals surface area contributed by atoms with Crippen LogP contribution < -0.4 is 9.46 Å². The highest BCUT2D eigenvalue weighted by atomic mass is 32.2. The van der Waals surface area contributed by atoms with E-state index in [0.717, 1.165) is 12.0 Å². The Hall–Kier alpha value is -2.67. The predicted molar refractivity (Wildman–Crippen MR) is 104 cm³/mol. The second-order valence-corrected chi connectivity index (χ2v) is 8.55. The molecule has 4 rings (SSSR count). The number of anilines is 1. The number of aryl methyl sites for hydroxylation is 1. The van der Waals surface area contributed by atoms with Crippen molar-refractivity contribution in [2.24, 2.45) is 5.92 Å². The van der Waals surface area contributed by atoms with Gasteiger partial charge in [-0.1, -0.05) is 42.7 Å². The lowest BCUT2D eigenvalue weighted by Gasteiger charge is -2.13. The second-order valence-electron chi connectivity index (χ2n) is 6.87. The first kappa shape index (κ1) is 17.7. The molecule has 1 aromatic heterocycles. The highest BCUT2D eigenvalue weighted by molar-refractivity contribution is 7.92. The molecule has 7 heteroatoms. The number of hydrogen-bond donors (Lipinski definition) is 1. The SMILES string of the molecule is Cc1ccc(S(=O)(=O)Nc2nc3ccccc3nc2OCCC2CC2)cc1. The maximum absolute atomic E-state index is 12.8. The quantitative estimate of drug-likeness (QED) is 0.669. The van der Waals surface area contributed by atoms with Crippen LogP contribution in [0.5, 0.6) is 5.88 Å². The number of fused-ring (bicyclic) bond motifs is 1. The molecule has 0 unspecified atom stereocenters. The van der Waals surface area contributed by atoms with E-state index in [1.54, 1.807) is 30.3 Å². The minimum atomic E-state index is -3.78. The van der Waals surface area contributed by atoms with Gasteiger partial charge >= 0.3 is 0 Å². The maximum Gasteiger partial charge on any atom is 0.263 e. The molecule has 140 valence electrons. The predicted octanol–water partition coefficient (Wildman–Crippen LogP) is 3.92. The van der Waals surface area contributed by atoms with Crippen molar-refractivity contribution in [3.8, 4) is 5.88 Å². The summed E-state index contributed by atoms with van der Waals surface area (Å²) in [4.78, 5) is 9.08. The fourth-order valence-electron chi connectivity index (χ4n) is 2.78. The molecule has 0 spiro atoms. The summed E-state index contributed by atoms with van der Waals surface area (Å²) in [6.07, 6.45) is 3.41. The number of aromatic nitrogens is 2. The van der Waals surface area contributed by atoms with Crippen LogP contribution in [0.3, 0.4) is 0 Å². The van der Waals surface area contributed by atoms with E-state index >= 15 is 0 Å². The van der Waals surface area contributed by atoms with E-state index in [9.17, 15) is 8.42 Å². The van der Waals surface area contributed by atoms with Gasteiger partial charge in [0.05, 0.1) is 22.5 Å². The summed E-state index contributed by atoms with van der Waals surface area (Å²) in [6, 6.07) is 14.0. The Morgan fingerprint density at radius 2 is 1.70 bits per heavy atom. The van der Waals surface area contributed by atoms with E-state index in [-0.39, 0.29) is 16.6 Å². The van der Waals surface area contributed by atoms with Gasteiger partial charge in [0.2, 0.25) is 5.82 Å². The molecule has 2 aromatic carbocycles. The molecule has 27 heavy (non-hydrogen) atoms. The third-order valence-electron chi connectivity index (χ3n) is 4.56. The molecular formula is C20H21N3O3S.